The second-order valence-electron chi connectivity index (χ2n) is 7.12. The first-order valence-corrected chi connectivity index (χ1v) is 10.4. The first-order valence-electron chi connectivity index (χ1n) is 10.1. The summed E-state index contributed by atoms with van der Waals surface area (Å²) in [6.07, 6.45) is 4.95. The summed E-state index contributed by atoms with van der Waals surface area (Å²) in [6.45, 7) is 3.10. The lowest BCUT2D eigenvalue weighted by molar-refractivity contribution is 0.0736. The van der Waals surface area contributed by atoms with Crippen LogP contribution in [-0.2, 0) is 19.4 Å². The van der Waals surface area contributed by atoms with E-state index in [1.165, 1.54) is 0 Å². The fourth-order valence-electron chi connectivity index (χ4n) is 3.54. The van der Waals surface area contributed by atoms with Crippen LogP contribution < -0.4 is 0 Å². The minimum Gasteiger partial charge on any atom is -0.333 e. The predicted molar refractivity (Wildman–Crippen MR) is 119 cm³/mol. The van der Waals surface area contributed by atoms with Gasteiger partial charge in [-0.2, -0.15) is 0 Å². The van der Waals surface area contributed by atoms with Crippen LogP contribution in [0.25, 0.3) is 5.65 Å². The first kappa shape index (κ1) is 20.1. The Morgan fingerprint density at radius 3 is 2.63 bits per heavy atom. The van der Waals surface area contributed by atoms with Crippen molar-refractivity contribution >= 4 is 23.2 Å². The van der Waals surface area contributed by atoms with Crippen molar-refractivity contribution in [1.29, 1.82) is 0 Å². The molecule has 6 heteroatoms. The lowest BCUT2D eigenvalue weighted by atomic mass is 10.1. The van der Waals surface area contributed by atoms with E-state index in [2.05, 4.69) is 9.97 Å². The number of nitrogens with zero attached hydrogens (tertiary/aromatic N) is 4. The Morgan fingerprint density at radius 1 is 1.10 bits per heavy atom. The van der Waals surface area contributed by atoms with E-state index >= 15 is 0 Å². The summed E-state index contributed by atoms with van der Waals surface area (Å²) < 4.78 is 1.84. The zero-order valence-electron chi connectivity index (χ0n) is 16.8. The molecule has 0 aliphatic carbocycles. The fraction of sp³-hybridized carbons (Fsp3) is 0.208. The van der Waals surface area contributed by atoms with Crippen molar-refractivity contribution in [2.24, 2.45) is 0 Å². The third kappa shape index (κ3) is 4.36. The summed E-state index contributed by atoms with van der Waals surface area (Å²) >= 11 is 6.13. The molecular formula is C24H23ClN4O. The van der Waals surface area contributed by atoms with Gasteiger partial charge in [-0.15, -0.1) is 0 Å². The van der Waals surface area contributed by atoms with E-state index in [4.69, 9.17) is 11.6 Å². The highest BCUT2D eigenvalue weighted by atomic mass is 35.5. The van der Waals surface area contributed by atoms with Crippen LogP contribution in [0.1, 0.15) is 34.4 Å². The first-order chi connectivity index (χ1) is 14.7. The zero-order valence-corrected chi connectivity index (χ0v) is 17.6. The van der Waals surface area contributed by atoms with Crippen LogP contribution >= 0.6 is 11.6 Å². The van der Waals surface area contributed by atoms with Gasteiger partial charge in [-0.3, -0.25) is 14.2 Å². The number of amides is 1. The number of rotatable bonds is 7. The molecule has 152 valence electrons. The normalized spacial score (nSPS) is 11.0. The summed E-state index contributed by atoms with van der Waals surface area (Å²) in [7, 11) is 0. The van der Waals surface area contributed by atoms with Gasteiger partial charge in [0.2, 0.25) is 0 Å². The summed E-state index contributed by atoms with van der Waals surface area (Å²) in [5, 5.41) is 0.602. The lowest BCUT2D eigenvalue weighted by Crippen LogP contribution is -2.34. The van der Waals surface area contributed by atoms with Gasteiger partial charge in [0.25, 0.3) is 5.91 Å². The van der Waals surface area contributed by atoms with Gasteiger partial charge in [0.1, 0.15) is 11.3 Å². The van der Waals surface area contributed by atoms with Crippen molar-refractivity contribution in [2.45, 2.75) is 26.3 Å². The standard InChI is InChI=1S/C24H23ClN4O/c1-2-21-23(29-15-11-19(25)16-22(29)27-21)24(30)28(17-18-8-4-3-5-9-18)14-12-20-10-6-7-13-26-20/h3-11,13,15-16H,2,12,14,17H2,1H3. The molecule has 0 unspecified atom stereocenters. The average molecular weight is 419 g/mol. The maximum atomic E-state index is 13.7. The van der Waals surface area contributed by atoms with Crippen molar-refractivity contribution in [3.05, 3.63) is 101 Å². The van der Waals surface area contributed by atoms with Gasteiger partial charge in [0, 0.05) is 48.7 Å². The zero-order chi connectivity index (χ0) is 20.9. The minimum absolute atomic E-state index is 0.0403. The van der Waals surface area contributed by atoms with E-state index in [1.807, 2.05) is 71.0 Å². The van der Waals surface area contributed by atoms with Gasteiger partial charge in [-0.1, -0.05) is 54.9 Å². The number of imidazole rings is 1. The van der Waals surface area contributed by atoms with Crippen LogP contribution in [0.5, 0.6) is 0 Å². The molecule has 4 rings (SSSR count). The molecule has 0 bridgehead atoms. The molecule has 4 aromatic rings. The largest absolute Gasteiger partial charge is 0.333 e. The maximum Gasteiger partial charge on any atom is 0.273 e. The average Bonchev–Trinajstić information content (AvgIpc) is 3.15. The molecule has 0 fully saturated rings. The number of hydrogen-bond acceptors (Lipinski definition) is 3. The van der Waals surface area contributed by atoms with Crippen molar-refractivity contribution in [2.75, 3.05) is 6.54 Å². The van der Waals surface area contributed by atoms with Gasteiger partial charge in [0.15, 0.2) is 0 Å². The topological polar surface area (TPSA) is 50.5 Å². The summed E-state index contributed by atoms with van der Waals surface area (Å²) in [5.74, 6) is -0.0403. The number of aryl methyl sites for hydroxylation is 1. The highest BCUT2D eigenvalue weighted by molar-refractivity contribution is 6.30. The van der Waals surface area contributed by atoms with Crippen molar-refractivity contribution in [3.63, 3.8) is 0 Å². The van der Waals surface area contributed by atoms with Gasteiger partial charge in [-0.25, -0.2) is 4.98 Å². The number of hydrogen-bond donors (Lipinski definition) is 0. The molecule has 0 atom stereocenters. The van der Waals surface area contributed by atoms with E-state index in [-0.39, 0.29) is 5.91 Å². The lowest BCUT2D eigenvalue weighted by Gasteiger charge is -2.23. The highest BCUT2D eigenvalue weighted by Gasteiger charge is 2.24. The highest BCUT2D eigenvalue weighted by Crippen LogP contribution is 2.20. The Hall–Kier alpha value is -3.18. The smallest absolute Gasteiger partial charge is 0.273 e. The number of pyridine rings is 2. The van der Waals surface area contributed by atoms with E-state index in [9.17, 15) is 4.79 Å². The minimum atomic E-state index is -0.0403. The van der Waals surface area contributed by atoms with Crippen LogP contribution in [0, 0.1) is 0 Å². The number of carbonyl (C=O) groups is 1. The predicted octanol–water partition coefficient (Wildman–Crippen LogP) is 4.83. The van der Waals surface area contributed by atoms with Crippen molar-refractivity contribution in [3.8, 4) is 0 Å². The van der Waals surface area contributed by atoms with E-state index in [0.29, 0.717) is 42.3 Å². The van der Waals surface area contributed by atoms with Crippen molar-refractivity contribution < 1.29 is 4.79 Å². The summed E-state index contributed by atoms with van der Waals surface area (Å²) in [5.41, 5.74) is 4.11. The van der Waals surface area contributed by atoms with E-state index in [0.717, 1.165) is 17.0 Å². The van der Waals surface area contributed by atoms with Crippen molar-refractivity contribution in [1.82, 2.24) is 19.3 Å². The van der Waals surface area contributed by atoms with Gasteiger partial charge in [-0.05, 0) is 30.2 Å². The molecule has 0 aliphatic rings. The SMILES string of the molecule is CCc1nc2cc(Cl)ccn2c1C(=O)N(CCc1ccccn1)Cc1ccccc1. The Labute approximate surface area is 181 Å². The molecule has 0 aliphatic heterocycles. The van der Waals surface area contributed by atoms with E-state index in [1.54, 1.807) is 18.3 Å². The summed E-state index contributed by atoms with van der Waals surface area (Å²) in [4.78, 5) is 24.6. The van der Waals surface area contributed by atoms with Crippen LogP contribution in [0.3, 0.4) is 0 Å². The third-order valence-electron chi connectivity index (χ3n) is 5.07. The molecule has 3 aromatic heterocycles. The van der Waals surface area contributed by atoms with Gasteiger partial charge in [0.05, 0.1) is 5.69 Å². The van der Waals surface area contributed by atoms with Crippen LogP contribution in [0.4, 0.5) is 0 Å². The Morgan fingerprint density at radius 2 is 1.90 bits per heavy atom. The quantitative estimate of drug-likeness (QED) is 0.432. The fourth-order valence-corrected chi connectivity index (χ4v) is 3.70. The van der Waals surface area contributed by atoms with Crippen LogP contribution in [-0.4, -0.2) is 31.7 Å². The molecule has 0 saturated carbocycles. The number of benzene rings is 1. The molecule has 0 spiro atoms. The number of halogens is 1. The second kappa shape index (κ2) is 9.09. The Balaban J connectivity index is 1.68. The monoisotopic (exact) mass is 418 g/mol. The number of fused-ring (bicyclic) bond motifs is 1. The van der Waals surface area contributed by atoms with Gasteiger partial charge >= 0.3 is 0 Å². The van der Waals surface area contributed by atoms with E-state index < -0.39 is 0 Å². The van der Waals surface area contributed by atoms with Gasteiger partial charge < -0.3 is 4.90 Å². The molecule has 1 aromatic carbocycles. The molecular weight excluding hydrogens is 396 g/mol. The maximum absolute atomic E-state index is 13.7. The molecule has 0 radical (unpaired) electrons. The Kier molecular flexibility index (Phi) is 6.10. The number of aromatic nitrogens is 3. The molecule has 30 heavy (non-hydrogen) atoms. The summed E-state index contributed by atoms with van der Waals surface area (Å²) in [6, 6.07) is 19.4. The van der Waals surface area contributed by atoms with Crippen LogP contribution in [0.15, 0.2) is 73.1 Å². The molecule has 0 saturated heterocycles. The third-order valence-corrected chi connectivity index (χ3v) is 5.30. The second-order valence-corrected chi connectivity index (χ2v) is 7.55. The molecule has 1 amide bonds. The van der Waals surface area contributed by atoms with Crippen LogP contribution in [0.2, 0.25) is 5.02 Å². The molecule has 5 nitrogen and oxygen atoms in total. The Bertz CT molecular complexity index is 1140. The molecule has 3 heterocycles. The number of carbonyl (C=O) groups excluding carboxylic acids is 1. The molecule has 0 N–H and O–H groups in total.